The van der Waals surface area contributed by atoms with Crippen molar-refractivity contribution >= 4 is 40.5 Å². The first-order valence-corrected chi connectivity index (χ1v) is 16.0. The van der Waals surface area contributed by atoms with Crippen LogP contribution in [-0.4, -0.2) is 34.8 Å². The highest BCUT2D eigenvalue weighted by molar-refractivity contribution is 6.21. The molecule has 6 aromatic rings. The van der Waals surface area contributed by atoms with Crippen LogP contribution >= 0.6 is 0 Å². The number of anilines is 1. The lowest BCUT2D eigenvalue weighted by atomic mass is 9.93. The number of aryl methyl sites for hydroxylation is 1. The number of amides is 3. The number of carbonyl (C=O) groups excluding carboxylic acids is 3. The average molecular weight is 667 g/mol. The van der Waals surface area contributed by atoms with Crippen molar-refractivity contribution in [2.24, 2.45) is 0 Å². The summed E-state index contributed by atoms with van der Waals surface area (Å²) in [5.41, 5.74) is 9.03. The van der Waals surface area contributed by atoms with Crippen LogP contribution in [0.25, 0.3) is 17.1 Å². The number of nitrogens with one attached hydrogen (secondary N) is 2. The number of fused-ring (bicyclic) bond motifs is 5. The van der Waals surface area contributed by atoms with Crippen LogP contribution in [0, 0.1) is 0 Å². The minimum Gasteiger partial charge on any atom is -0.454 e. The summed E-state index contributed by atoms with van der Waals surface area (Å²) in [7, 11) is 0. The molecule has 1 aromatic heterocycles. The van der Waals surface area contributed by atoms with Gasteiger partial charge in [0.1, 0.15) is 11.0 Å². The van der Waals surface area contributed by atoms with Gasteiger partial charge in [0, 0.05) is 5.69 Å². The van der Waals surface area contributed by atoms with Gasteiger partial charge < -0.3 is 14.8 Å². The Hall–Kier alpha value is -6.55. The number of hydrogen-bond acceptors (Lipinski definition) is 8. The van der Waals surface area contributed by atoms with Crippen molar-refractivity contribution < 1.29 is 28.5 Å². The predicted octanol–water partition coefficient (Wildman–Crippen LogP) is 7.43. The number of rotatable bonds is 0. The Balaban J connectivity index is 0.000000108. The number of ether oxygens (including phenoxy) is 2. The molecule has 0 bridgehead atoms. The van der Waals surface area contributed by atoms with E-state index in [1.54, 1.807) is 24.3 Å². The van der Waals surface area contributed by atoms with E-state index in [-0.39, 0.29) is 17.7 Å². The van der Waals surface area contributed by atoms with Crippen LogP contribution in [-0.2, 0) is 17.6 Å². The minimum atomic E-state index is -0.300. The molecule has 1 aliphatic carbocycles. The third-order valence-electron chi connectivity index (χ3n) is 7.97. The smallest absolute Gasteiger partial charge is 0.258 e. The van der Waals surface area contributed by atoms with Gasteiger partial charge in [0.05, 0.1) is 17.5 Å². The van der Waals surface area contributed by atoms with Gasteiger partial charge in [-0.15, -0.1) is 0 Å². The van der Waals surface area contributed by atoms with Crippen LogP contribution in [0.15, 0.2) is 132 Å². The molecule has 10 rings (SSSR count). The second kappa shape index (κ2) is 16.0. The number of allylic oxidation sites excluding steroid dienone is 1. The summed E-state index contributed by atoms with van der Waals surface area (Å²) in [5.74, 6) is 1.19. The first kappa shape index (κ1) is 33.4. The van der Waals surface area contributed by atoms with E-state index >= 15 is 0 Å². The molecular formula is C40H34N4O6. The molecule has 50 heavy (non-hydrogen) atoms. The summed E-state index contributed by atoms with van der Waals surface area (Å²) in [6.07, 6.45) is 5.28. The fraction of sp³-hybridized carbons (Fsp3) is 0.125. The molecule has 0 saturated heterocycles. The van der Waals surface area contributed by atoms with Crippen molar-refractivity contribution in [3.8, 4) is 11.5 Å². The topological polar surface area (TPSA) is 133 Å². The van der Waals surface area contributed by atoms with E-state index in [0.717, 1.165) is 33.8 Å². The Morgan fingerprint density at radius 3 is 1.76 bits per heavy atom. The molecule has 4 heterocycles. The quantitative estimate of drug-likeness (QED) is 0.160. The van der Waals surface area contributed by atoms with Gasteiger partial charge in [-0.05, 0) is 89.2 Å². The Morgan fingerprint density at radius 2 is 1.12 bits per heavy atom. The van der Waals surface area contributed by atoms with Crippen molar-refractivity contribution in [3.05, 3.63) is 155 Å². The van der Waals surface area contributed by atoms with Crippen LogP contribution in [0.4, 0.5) is 5.69 Å². The number of nitrogens with zero attached hydrogens (tertiary/aromatic N) is 2. The number of para-hydroxylation sites is 3. The Labute approximate surface area is 288 Å². The van der Waals surface area contributed by atoms with E-state index in [9.17, 15) is 14.4 Å². The second-order valence-electron chi connectivity index (χ2n) is 11.5. The summed E-state index contributed by atoms with van der Waals surface area (Å²) in [4.78, 5) is 32.7. The van der Waals surface area contributed by atoms with Crippen LogP contribution in [0.2, 0.25) is 0 Å². The highest BCUT2D eigenvalue weighted by Gasteiger charge is 2.25. The molecule has 0 fully saturated rings. The number of imide groups is 1. The number of carbonyl (C=O) groups is 3. The molecule has 3 aliphatic heterocycles. The zero-order valence-electron chi connectivity index (χ0n) is 27.3. The number of aromatic nitrogens is 2. The molecule has 0 saturated carbocycles. The number of hydrogen-bond donors (Lipinski definition) is 2. The van der Waals surface area contributed by atoms with Crippen LogP contribution < -0.4 is 20.1 Å². The molecule has 5 aromatic carbocycles. The molecule has 10 nitrogen and oxygen atoms in total. The SMILES string of the molecule is CC1=Cc2ccccc2CC1.O=C1Cc2ccccc2N1.O=C1NC(=O)c2ccccc21.c1ccc2c(c1)OCO2.c1ccc2nonc2c1. The summed E-state index contributed by atoms with van der Waals surface area (Å²) in [6, 6.07) is 38.2. The standard InChI is InChI=1S/C11H12.C8H5NO2.C8H7NO.C7H6O2.C6H4N2O/c1-9-6-7-10-4-2-3-5-11(10)8-9;10-7-5-3-1-2-4-6(5)8(11)9-7;10-8-5-6-3-1-2-4-7(6)9-8;1-2-4-7-6(3-1)8-5-9-7;1-2-4-6-5(3-1)7-9-8-6/h2-5,8H,6-7H2,1H3;1-4H,(H,9,10,11);1-4H,5H2,(H,9,10);1-4H,5H2;1-4H. The number of benzene rings is 5. The molecule has 0 atom stereocenters. The lowest BCUT2D eigenvalue weighted by Gasteiger charge is -2.12. The van der Waals surface area contributed by atoms with Gasteiger partial charge >= 0.3 is 0 Å². The second-order valence-corrected chi connectivity index (χ2v) is 11.5. The molecule has 0 spiro atoms. The van der Waals surface area contributed by atoms with Gasteiger partial charge in [-0.3, -0.25) is 19.7 Å². The Kier molecular flexibility index (Phi) is 10.7. The minimum absolute atomic E-state index is 0.0983. The van der Waals surface area contributed by atoms with E-state index < -0.39 is 0 Å². The van der Waals surface area contributed by atoms with E-state index in [4.69, 9.17) is 9.47 Å². The normalized spacial score (nSPS) is 13.9. The molecule has 10 heteroatoms. The van der Waals surface area contributed by atoms with Crippen molar-refractivity contribution in [2.45, 2.75) is 26.2 Å². The van der Waals surface area contributed by atoms with Gasteiger partial charge in [-0.1, -0.05) is 90.5 Å². The molecule has 4 aliphatic rings. The molecule has 0 radical (unpaired) electrons. The monoisotopic (exact) mass is 666 g/mol. The van der Waals surface area contributed by atoms with Crippen molar-refractivity contribution in [2.75, 3.05) is 12.1 Å². The average Bonchev–Trinajstić information content (AvgIpc) is 3.96. The Bertz CT molecular complexity index is 2060. The van der Waals surface area contributed by atoms with Gasteiger partial charge in [-0.25, -0.2) is 4.63 Å². The maximum atomic E-state index is 10.9. The largest absolute Gasteiger partial charge is 0.454 e. The zero-order valence-corrected chi connectivity index (χ0v) is 27.3. The molecule has 2 N–H and O–H groups in total. The first-order valence-electron chi connectivity index (χ1n) is 16.0. The fourth-order valence-corrected chi connectivity index (χ4v) is 5.42. The third kappa shape index (κ3) is 8.48. The van der Waals surface area contributed by atoms with E-state index in [2.05, 4.69) is 62.8 Å². The van der Waals surface area contributed by atoms with E-state index in [1.807, 2.05) is 72.8 Å². The lowest BCUT2D eigenvalue weighted by Crippen LogP contribution is -2.19. The summed E-state index contributed by atoms with van der Waals surface area (Å²) in [6.45, 7) is 2.56. The Morgan fingerprint density at radius 1 is 0.580 bits per heavy atom. The molecular weight excluding hydrogens is 632 g/mol. The van der Waals surface area contributed by atoms with Crippen LogP contribution in [0.3, 0.4) is 0 Å². The molecule has 0 unspecified atom stereocenters. The lowest BCUT2D eigenvalue weighted by molar-refractivity contribution is -0.115. The summed E-state index contributed by atoms with van der Waals surface area (Å²) < 4.78 is 14.6. The summed E-state index contributed by atoms with van der Waals surface area (Å²) >= 11 is 0. The van der Waals surface area contributed by atoms with Crippen LogP contribution in [0.1, 0.15) is 50.8 Å². The molecule has 3 amide bonds. The van der Waals surface area contributed by atoms with Gasteiger partial charge in [0.25, 0.3) is 11.8 Å². The third-order valence-corrected chi connectivity index (χ3v) is 7.97. The first-order chi connectivity index (χ1) is 24.4. The van der Waals surface area contributed by atoms with Crippen molar-refractivity contribution in [3.63, 3.8) is 0 Å². The van der Waals surface area contributed by atoms with E-state index in [0.29, 0.717) is 24.3 Å². The molecule has 250 valence electrons. The summed E-state index contributed by atoms with van der Waals surface area (Å²) in [5, 5.41) is 12.2. The van der Waals surface area contributed by atoms with Gasteiger partial charge in [0.2, 0.25) is 12.7 Å². The maximum absolute atomic E-state index is 10.9. The van der Waals surface area contributed by atoms with Crippen molar-refractivity contribution in [1.82, 2.24) is 15.6 Å². The van der Waals surface area contributed by atoms with Gasteiger partial charge in [-0.2, -0.15) is 0 Å². The van der Waals surface area contributed by atoms with Gasteiger partial charge in [0.15, 0.2) is 11.5 Å². The predicted molar refractivity (Wildman–Crippen MR) is 190 cm³/mol. The van der Waals surface area contributed by atoms with Crippen molar-refractivity contribution in [1.29, 1.82) is 0 Å². The zero-order chi connectivity index (χ0) is 34.7. The maximum Gasteiger partial charge on any atom is 0.258 e. The highest BCUT2D eigenvalue weighted by atomic mass is 16.7. The van der Waals surface area contributed by atoms with E-state index in [1.165, 1.54) is 29.5 Å². The fourth-order valence-electron chi connectivity index (χ4n) is 5.42. The highest BCUT2D eigenvalue weighted by Crippen LogP contribution is 2.30. The van der Waals surface area contributed by atoms with Crippen LogP contribution in [0.5, 0.6) is 11.5 Å².